The Morgan fingerprint density at radius 1 is 1.38 bits per heavy atom. The fourth-order valence-electron chi connectivity index (χ4n) is 2.09. The molecule has 0 bridgehead atoms. The topological polar surface area (TPSA) is 38.5 Å². The first-order valence-electron chi connectivity index (χ1n) is 5.93. The smallest absolute Gasteiger partial charge is 0.119 e. The van der Waals surface area contributed by atoms with Gasteiger partial charge in [0.05, 0.1) is 6.61 Å². The summed E-state index contributed by atoms with van der Waals surface area (Å²) in [6.07, 6.45) is 0. The van der Waals surface area contributed by atoms with Crippen molar-refractivity contribution in [3.05, 3.63) is 29.8 Å². The van der Waals surface area contributed by atoms with Crippen LogP contribution < -0.4 is 10.5 Å². The fourth-order valence-corrected chi connectivity index (χ4v) is 2.09. The van der Waals surface area contributed by atoms with Gasteiger partial charge in [0.2, 0.25) is 0 Å². The van der Waals surface area contributed by atoms with Crippen molar-refractivity contribution in [1.29, 1.82) is 0 Å². The molecule has 0 spiro atoms. The number of rotatable bonds is 4. The van der Waals surface area contributed by atoms with E-state index in [4.69, 9.17) is 10.5 Å². The molecular weight excluding hydrogens is 200 g/mol. The first-order chi connectivity index (χ1) is 7.70. The molecule has 0 aromatic heterocycles. The second kappa shape index (κ2) is 4.85. The number of nitrogens with zero attached hydrogens (tertiary/aromatic N) is 1. The van der Waals surface area contributed by atoms with E-state index in [9.17, 15) is 0 Å². The normalized spacial score (nSPS) is 19.2. The molecule has 1 aromatic carbocycles. The van der Waals surface area contributed by atoms with E-state index in [0.29, 0.717) is 12.1 Å². The Hall–Kier alpha value is -1.06. The van der Waals surface area contributed by atoms with E-state index in [1.165, 1.54) is 5.56 Å². The highest BCUT2D eigenvalue weighted by Crippen LogP contribution is 2.26. The maximum atomic E-state index is 5.79. The van der Waals surface area contributed by atoms with Crippen LogP contribution in [-0.2, 0) is 0 Å². The van der Waals surface area contributed by atoms with Crippen molar-refractivity contribution in [3.8, 4) is 5.75 Å². The van der Waals surface area contributed by atoms with Crippen LogP contribution in [0.1, 0.15) is 25.5 Å². The van der Waals surface area contributed by atoms with Crippen LogP contribution in [0.15, 0.2) is 24.3 Å². The lowest BCUT2D eigenvalue weighted by Crippen LogP contribution is -2.56. The minimum Gasteiger partial charge on any atom is -0.494 e. The van der Waals surface area contributed by atoms with E-state index in [0.717, 1.165) is 25.4 Å². The molecule has 88 valence electrons. The third-order valence-electron chi connectivity index (χ3n) is 3.16. The van der Waals surface area contributed by atoms with Crippen LogP contribution in [0.3, 0.4) is 0 Å². The zero-order valence-corrected chi connectivity index (χ0v) is 10.0. The van der Waals surface area contributed by atoms with Gasteiger partial charge in [-0.2, -0.15) is 0 Å². The summed E-state index contributed by atoms with van der Waals surface area (Å²) < 4.78 is 5.42. The Bertz CT molecular complexity index is 330. The van der Waals surface area contributed by atoms with Gasteiger partial charge >= 0.3 is 0 Å². The molecule has 0 amide bonds. The summed E-state index contributed by atoms with van der Waals surface area (Å²) in [4.78, 5) is 2.39. The number of likely N-dealkylation sites (tertiary alicyclic amines) is 1. The van der Waals surface area contributed by atoms with E-state index in [2.05, 4.69) is 24.0 Å². The minimum absolute atomic E-state index is 0.366. The first kappa shape index (κ1) is 11.4. The Balaban J connectivity index is 1.98. The molecule has 1 unspecified atom stereocenters. The first-order valence-corrected chi connectivity index (χ1v) is 5.93. The van der Waals surface area contributed by atoms with Crippen LogP contribution in [0.4, 0.5) is 0 Å². The standard InChI is InChI=1S/C13H20N2O/c1-3-16-13-6-4-11(5-7-13)10(2)15-8-12(14)9-15/h4-7,10,12H,3,8-9,14H2,1-2H3. The Morgan fingerprint density at radius 2 is 2.00 bits per heavy atom. The van der Waals surface area contributed by atoms with Crippen molar-refractivity contribution in [1.82, 2.24) is 4.90 Å². The maximum absolute atomic E-state index is 5.79. The lowest BCUT2D eigenvalue weighted by molar-refractivity contribution is 0.103. The van der Waals surface area contributed by atoms with Crippen LogP contribution in [-0.4, -0.2) is 30.6 Å². The lowest BCUT2D eigenvalue weighted by atomic mass is 10.0. The number of hydrogen-bond donors (Lipinski definition) is 1. The second-order valence-electron chi connectivity index (χ2n) is 4.39. The SMILES string of the molecule is CCOc1ccc(C(C)N2CC(N)C2)cc1. The Kier molecular flexibility index (Phi) is 3.46. The van der Waals surface area contributed by atoms with Gasteiger partial charge in [-0.1, -0.05) is 12.1 Å². The van der Waals surface area contributed by atoms with E-state index >= 15 is 0 Å². The summed E-state index contributed by atoms with van der Waals surface area (Å²) in [5, 5.41) is 0. The Labute approximate surface area is 97.2 Å². The molecule has 3 nitrogen and oxygen atoms in total. The zero-order chi connectivity index (χ0) is 11.5. The number of benzene rings is 1. The minimum atomic E-state index is 0.366. The molecule has 1 aliphatic rings. The van der Waals surface area contributed by atoms with Gasteiger partial charge in [0.25, 0.3) is 0 Å². The molecule has 2 rings (SSSR count). The quantitative estimate of drug-likeness (QED) is 0.840. The molecule has 1 aromatic rings. The lowest BCUT2D eigenvalue weighted by Gasteiger charge is -2.41. The van der Waals surface area contributed by atoms with E-state index in [1.54, 1.807) is 0 Å². The van der Waals surface area contributed by atoms with E-state index < -0.39 is 0 Å². The number of ether oxygens (including phenoxy) is 1. The van der Waals surface area contributed by atoms with Gasteiger partial charge in [-0.15, -0.1) is 0 Å². The van der Waals surface area contributed by atoms with Gasteiger partial charge in [-0.25, -0.2) is 0 Å². The summed E-state index contributed by atoms with van der Waals surface area (Å²) in [5.41, 5.74) is 7.12. The third-order valence-corrected chi connectivity index (χ3v) is 3.16. The van der Waals surface area contributed by atoms with Gasteiger partial charge in [-0.05, 0) is 31.5 Å². The molecule has 0 aliphatic carbocycles. The van der Waals surface area contributed by atoms with Crippen LogP contribution >= 0.6 is 0 Å². The molecule has 2 N–H and O–H groups in total. The van der Waals surface area contributed by atoms with Crippen molar-refractivity contribution in [3.63, 3.8) is 0 Å². The summed E-state index contributed by atoms with van der Waals surface area (Å²) >= 11 is 0. The molecule has 0 saturated carbocycles. The molecule has 1 atom stereocenters. The predicted molar refractivity (Wildman–Crippen MR) is 65.6 cm³/mol. The van der Waals surface area contributed by atoms with Gasteiger partial charge in [0.1, 0.15) is 5.75 Å². The molecule has 3 heteroatoms. The molecular formula is C13H20N2O. The second-order valence-corrected chi connectivity index (χ2v) is 4.39. The molecule has 1 fully saturated rings. The highest BCUT2D eigenvalue weighted by Gasteiger charge is 2.27. The van der Waals surface area contributed by atoms with Crippen LogP contribution in [0.2, 0.25) is 0 Å². The van der Waals surface area contributed by atoms with Gasteiger partial charge in [0.15, 0.2) is 0 Å². The number of hydrogen-bond acceptors (Lipinski definition) is 3. The van der Waals surface area contributed by atoms with E-state index in [-0.39, 0.29) is 0 Å². The van der Waals surface area contributed by atoms with Crippen LogP contribution in [0.5, 0.6) is 5.75 Å². The summed E-state index contributed by atoms with van der Waals surface area (Å²) in [7, 11) is 0. The Morgan fingerprint density at radius 3 is 2.50 bits per heavy atom. The molecule has 16 heavy (non-hydrogen) atoms. The monoisotopic (exact) mass is 220 g/mol. The molecule has 1 heterocycles. The predicted octanol–water partition coefficient (Wildman–Crippen LogP) is 1.79. The largest absolute Gasteiger partial charge is 0.494 e. The average Bonchev–Trinajstić information content (AvgIpc) is 2.25. The van der Waals surface area contributed by atoms with Crippen molar-refractivity contribution in [2.45, 2.75) is 25.9 Å². The van der Waals surface area contributed by atoms with Crippen molar-refractivity contribution >= 4 is 0 Å². The summed E-state index contributed by atoms with van der Waals surface area (Å²) in [5.74, 6) is 0.943. The summed E-state index contributed by atoms with van der Waals surface area (Å²) in [6.45, 7) is 6.96. The van der Waals surface area contributed by atoms with Gasteiger partial charge < -0.3 is 10.5 Å². The average molecular weight is 220 g/mol. The zero-order valence-electron chi connectivity index (χ0n) is 10.0. The van der Waals surface area contributed by atoms with Crippen LogP contribution in [0, 0.1) is 0 Å². The van der Waals surface area contributed by atoms with Crippen LogP contribution in [0.25, 0.3) is 0 Å². The number of nitrogens with two attached hydrogens (primary N) is 1. The molecule has 0 radical (unpaired) electrons. The van der Waals surface area contributed by atoms with E-state index in [1.807, 2.05) is 19.1 Å². The van der Waals surface area contributed by atoms with Crippen molar-refractivity contribution in [2.75, 3.05) is 19.7 Å². The van der Waals surface area contributed by atoms with Gasteiger partial charge in [-0.3, -0.25) is 4.90 Å². The third kappa shape index (κ3) is 2.36. The highest BCUT2D eigenvalue weighted by molar-refractivity contribution is 5.29. The molecule has 1 saturated heterocycles. The fraction of sp³-hybridized carbons (Fsp3) is 0.538. The highest BCUT2D eigenvalue weighted by atomic mass is 16.5. The van der Waals surface area contributed by atoms with Crippen molar-refractivity contribution < 1.29 is 4.74 Å². The maximum Gasteiger partial charge on any atom is 0.119 e. The van der Waals surface area contributed by atoms with Crippen molar-refractivity contribution in [2.24, 2.45) is 5.73 Å². The summed E-state index contributed by atoms with van der Waals surface area (Å²) in [6, 6.07) is 9.17. The van der Waals surface area contributed by atoms with Gasteiger partial charge in [0, 0.05) is 25.2 Å². The molecule has 1 aliphatic heterocycles.